The minimum absolute atomic E-state index is 0.264. The van der Waals surface area contributed by atoms with E-state index >= 15 is 0 Å². The van der Waals surface area contributed by atoms with Crippen LogP contribution in [-0.4, -0.2) is 24.5 Å². The lowest BCUT2D eigenvalue weighted by Crippen LogP contribution is -2.19. The van der Waals surface area contributed by atoms with Crippen molar-refractivity contribution in [2.24, 2.45) is 5.92 Å². The SMILES string of the molecule is C=CCN1CCC(C#N)C1. The third-order valence-corrected chi connectivity index (χ3v) is 1.84. The lowest BCUT2D eigenvalue weighted by molar-refractivity contribution is 0.370. The van der Waals surface area contributed by atoms with Crippen LogP contribution in [0.5, 0.6) is 0 Å². The minimum Gasteiger partial charge on any atom is -0.298 e. The zero-order valence-corrected chi connectivity index (χ0v) is 6.08. The van der Waals surface area contributed by atoms with Gasteiger partial charge in [0, 0.05) is 13.1 Å². The maximum absolute atomic E-state index is 8.55. The van der Waals surface area contributed by atoms with Crippen LogP contribution in [0.3, 0.4) is 0 Å². The molecule has 1 aliphatic rings. The molecule has 0 amide bonds. The largest absolute Gasteiger partial charge is 0.298 e. The lowest BCUT2D eigenvalue weighted by atomic mass is 10.1. The second-order valence-corrected chi connectivity index (χ2v) is 2.66. The van der Waals surface area contributed by atoms with Crippen LogP contribution in [0.25, 0.3) is 0 Å². The van der Waals surface area contributed by atoms with E-state index in [1.54, 1.807) is 0 Å². The second kappa shape index (κ2) is 3.38. The first-order chi connectivity index (χ1) is 4.86. The van der Waals surface area contributed by atoms with Gasteiger partial charge in [0.2, 0.25) is 0 Å². The van der Waals surface area contributed by atoms with E-state index in [0.29, 0.717) is 0 Å². The van der Waals surface area contributed by atoms with Crippen LogP contribution in [0.15, 0.2) is 12.7 Å². The number of hydrogen-bond acceptors (Lipinski definition) is 2. The number of nitrogens with zero attached hydrogens (tertiary/aromatic N) is 2. The fraction of sp³-hybridized carbons (Fsp3) is 0.625. The molecule has 0 aromatic heterocycles. The summed E-state index contributed by atoms with van der Waals surface area (Å²) in [6, 6.07) is 2.28. The standard InChI is InChI=1S/C8H12N2/c1-2-4-10-5-3-8(6-9)7-10/h2,8H,1,3-5,7H2. The molecule has 10 heavy (non-hydrogen) atoms. The summed E-state index contributed by atoms with van der Waals surface area (Å²) in [5.74, 6) is 0.264. The molecule has 1 aliphatic heterocycles. The molecule has 0 aromatic rings. The Morgan fingerprint density at radius 1 is 1.80 bits per heavy atom. The van der Waals surface area contributed by atoms with Crippen molar-refractivity contribution in [1.29, 1.82) is 5.26 Å². The molecule has 1 saturated heterocycles. The molecule has 1 rings (SSSR count). The maximum Gasteiger partial charge on any atom is 0.0669 e. The van der Waals surface area contributed by atoms with Crippen LogP contribution in [0.4, 0.5) is 0 Å². The Balaban J connectivity index is 2.30. The van der Waals surface area contributed by atoms with Crippen LogP contribution >= 0.6 is 0 Å². The highest BCUT2D eigenvalue weighted by atomic mass is 15.1. The molecule has 0 bridgehead atoms. The van der Waals surface area contributed by atoms with Gasteiger partial charge in [-0.25, -0.2) is 0 Å². The summed E-state index contributed by atoms with van der Waals surface area (Å²) >= 11 is 0. The van der Waals surface area contributed by atoms with Crippen molar-refractivity contribution < 1.29 is 0 Å². The molecule has 2 heteroatoms. The van der Waals surface area contributed by atoms with E-state index in [1.165, 1.54) is 0 Å². The van der Waals surface area contributed by atoms with Crippen LogP contribution < -0.4 is 0 Å². The van der Waals surface area contributed by atoms with E-state index in [-0.39, 0.29) is 5.92 Å². The molecule has 0 spiro atoms. The Morgan fingerprint density at radius 3 is 3.10 bits per heavy atom. The molecule has 54 valence electrons. The molecule has 0 aliphatic carbocycles. The quantitative estimate of drug-likeness (QED) is 0.530. The molecule has 0 saturated carbocycles. The van der Waals surface area contributed by atoms with Gasteiger partial charge in [-0.3, -0.25) is 4.90 Å². The summed E-state index contributed by atoms with van der Waals surface area (Å²) in [5.41, 5.74) is 0. The van der Waals surface area contributed by atoms with Crippen molar-refractivity contribution in [3.63, 3.8) is 0 Å². The lowest BCUT2D eigenvalue weighted by Gasteiger charge is -2.09. The maximum atomic E-state index is 8.55. The van der Waals surface area contributed by atoms with Crippen molar-refractivity contribution >= 4 is 0 Å². The highest BCUT2D eigenvalue weighted by Gasteiger charge is 2.20. The number of hydrogen-bond donors (Lipinski definition) is 0. The number of nitriles is 1. The normalized spacial score (nSPS) is 26.1. The van der Waals surface area contributed by atoms with Crippen molar-refractivity contribution in [2.45, 2.75) is 6.42 Å². The number of likely N-dealkylation sites (tertiary alicyclic amines) is 1. The first kappa shape index (κ1) is 7.30. The molecule has 1 heterocycles. The minimum atomic E-state index is 0.264. The third-order valence-electron chi connectivity index (χ3n) is 1.84. The Bertz CT molecular complexity index is 157. The van der Waals surface area contributed by atoms with E-state index in [2.05, 4.69) is 17.5 Å². The zero-order chi connectivity index (χ0) is 7.40. The zero-order valence-electron chi connectivity index (χ0n) is 6.08. The van der Waals surface area contributed by atoms with Gasteiger partial charge in [-0.1, -0.05) is 6.08 Å². The topological polar surface area (TPSA) is 27.0 Å². The van der Waals surface area contributed by atoms with E-state index < -0.39 is 0 Å². The first-order valence-electron chi connectivity index (χ1n) is 3.59. The Morgan fingerprint density at radius 2 is 2.60 bits per heavy atom. The van der Waals surface area contributed by atoms with Crippen LogP contribution in [0, 0.1) is 17.2 Å². The van der Waals surface area contributed by atoms with Gasteiger partial charge in [0.05, 0.1) is 12.0 Å². The Hall–Kier alpha value is -0.810. The van der Waals surface area contributed by atoms with Crippen LogP contribution in [-0.2, 0) is 0 Å². The Labute approximate surface area is 61.8 Å². The summed E-state index contributed by atoms with van der Waals surface area (Å²) in [5, 5.41) is 8.55. The van der Waals surface area contributed by atoms with Gasteiger partial charge in [0.25, 0.3) is 0 Å². The molecule has 2 nitrogen and oxygen atoms in total. The van der Waals surface area contributed by atoms with E-state index in [9.17, 15) is 0 Å². The van der Waals surface area contributed by atoms with E-state index in [4.69, 9.17) is 5.26 Å². The van der Waals surface area contributed by atoms with E-state index in [1.807, 2.05) is 6.08 Å². The predicted octanol–water partition coefficient (Wildman–Crippen LogP) is 1.02. The monoisotopic (exact) mass is 136 g/mol. The van der Waals surface area contributed by atoms with Gasteiger partial charge in [0.1, 0.15) is 0 Å². The second-order valence-electron chi connectivity index (χ2n) is 2.66. The Kier molecular flexibility index (Phi) is 2.47. The van der Waals surface area contributed by atoms with Crippen LogP contribution in [0.2, 0.25) is 0 Å². The average Bonchev–Trinajstić information content (AvgIpc) is 2.37. The van der Waals surface area contributed by atoms with Crippen molar-refractivity contribution in [3.8, 4) is 6.07 Å². The van der Waals surface area contributed by atoms with Gasteiger partial charge in [-0.2, -0.15) is 5.26 Å². The molecule has 0 radical (unpaired) electrons. The molecule has 1 unspecified atom stereocenters. The van der Waals surface area contributed by atoms with Gasteiger partial charge in [-0.05, 0) is 13.0 Å². The molecular weight excluding hydrogens is 124 g/mol. The highest BCUT2D eigenvalue weighted by molar-refractivity contribution is 4.92. The molecular formula is C8H12N2. The van der Waals surface area contributed by atoms with Crippen molar-refractivity contribution in [1.82, 2.24) is 4.90 Å². The smallest absolute Gasteiger partial charge is 0.0669 e. The highest BCUT2D eigenvalue weighted by Crippen LogP contribution is 2.13. The first-order valence-corrected chi connectivity index (χ1v) is 3.59. The summed E-state index contributed by atoms with van der Waals surface area (Å²) in [7, 11) is 0. The van der Waals surface area contributed by atoms with Gasteiger partial charge in [-0.15, -0.1) is 6.58 Å². The average molecular weight is 136 g/mol. The summed E-state index contributed by atoms with van der Waals surface area (Å²) in [6.07, 6.45) is 2.92. The van der Waals surface area contributed by atoms with E-state index in [0.717, 1.165) is 26.1 Å². The van der Waals surface area contributed by atoms with Gasteiger partial charge >= 0.3 is 0 Å². The van der Waals surface area contributed by atoms with Crippen molar-refractivity contribution in [2.75, 3.05) is 19.6 Å². The summed E-state index contributed by atoms with van der Waals surface area (Å²) < 4.78 is 0. The number of rotatable bonds is 2. The molecule has 1 fully saturated rings. The van der Waals surface area contributed by atoms with Gasteiger partial charge < -0.3 is 0 Å². The summed E-state index contributed by atoms with van der Waals surface area (Å²) in [4.78, 5) is 2.25. The molecule has 0 aromatic carbocycles. The van der Waals surface area contributed by atoms with Gasteiger partial charge in [0.15, 0.2) is 0 Å². The molecule has 1 atom stereocenters. The van der Waals surface area contributed by atoms with Crippen molar-refractivity contribution in [3.05, 3.63) is 12.7 Å². The summed E-state index contributed by atoms with van der Waals surface area (Å²) in [6.45, 7) is 6.57. The molecule has 0 N–H and O–H groups in total. The van der Waals surface area contributed by atoms with Crippen LogP contribution in [0.1, 0.15) is 6.42 Å². The predicted molar refractivity (Wildman–Crippen MR) is 40.4 cm³/mol. The fourth-order valence-corrected chi connectivity index (χ4v) is 1.29. The third kappa shape index (κ3) is 1.58. The fourth-order valence-electron chi connectivity index (χ4n) is 1.29.